The summed E-state index contributed by atoms with van der Waals surface area (Å²) in [4.78, 5) is 37.0. The van der Waals surface area contributed by atoms with Gasteiger partial charge in [-0.05, 0) is 36.8 Å². The largest absolute Gasteiger partial charge is 0.465 e. The van der Waals surface area contributed by atoms with Crippen molar-refractivity contribution in [3.8, 4) is 0 Å². The standard InChI is InChI=1S/C20H22N2O4/c1-14-4-6-16(7-5-14)12-21-19(24)13-22(15(2)23)18-10-8-17(9-11-18)20(25)26-3/h4-11H,12-13H2,1-3H3,(H,21,24). The molecule has 2 aromatic rings. The van der Waals surface area contributed by atoms with Crippen molar-refractivity contribution in [2.24, 2.45) is 0 Å². The van der Waals surface area contributed by atoms with Gasteiger partial charge in [-0.25, -0.2) is 4.79 Å². The number of carbonyl (C=O) groups excluding carboxylic acids is 3. The molecule has 6 nitrogen and oxygen atoms in total. The van der Waals surface area contributed by atoms with Gasteiger partial charge in [0.25, 0.3) is 0 Å². The van der Waals surface area contributed by atoms with Crippen molar-refractivity contribution in [1.29, 1.82) is 0 Å². The minimum absolute atomic E-state index is 0.0984. The van der Waals surface area contributed by atoms with Gasteiger partial charge < -0.3 is 15.0 Å². The van der Waals surface area contributed by atoms with Gasteiger partial charge in [0, 0.05) is 19.2 Å². The van der Waals surface area contributed by atoms with E-state index in [1.807, 2.05) is 31.2 Å². The number of hydrogen-bond donors (Lipinski definition) is 1. The Labute approximate surface area is 152 Å². The van der Waals surface area contributed by atoms with Gasteiger partial charge in [-0.3, -0.25) is 9.59 Å². The molecule has 0 saturated carbocycles. The lowest BCUT2D eigenvalue weighted by atomic mass is 10.1. The third-order valence-electron chi connectivity index (χ3n) is 3.89. The number of methoxy groups -OCH3 is 1. The highest BCUT2D eigenvalue weighted by atomic mass is 16.5. The normalized spacial score (nSPS) is 10.1. The molecule has 26 heavy (non-hydrogen) atoms. The summed E-state index contributed by atoms with van der Waals surface area (Å²) in [5.74, 6) is -0.985. The molecule has 0 bridgehead atoms. The summed E-state index contributed by atoms with van der Waals surface area (Å²) in [5.41, 5.74) is 3.05. The second-order valence-corrected chi connectivity index (χ2v) is 5.91. The van der Waals surface area contributed by atoms with Gasteiger partial charge in [-0.15, -0.1) is 0 Å². The van der Waals surface area contributed by atoms with Gasteiger partial charge in [-0.1, -0.05) is 29.8 Å². The highest BCUT2D eigenvalue weighted by molar-refractivity contribution is 5.98. The molecule has 0 unspecified atom stereocenters. The molecule has 1 N–H and O–H groups in total. The maximum atomic E-state index is 12.2. The van der Waals surface area contributed by atoms with Crippen LogP contribution in [0, 0.1) is 6.92 Å². The zero-order valence-corrected chi connectivity index (χ0v) is 15.1. The van der Waals surface area contributed by atoms with Crippen LogP contribution in [-0.2, 0) is 20.9 Å². The van der Waals surface area contributed by atoms with E-state index in [1.165, 1.54) is 18.9 Å². The molecule has 136 valence electrons. The fourth-order valence-corrected chi connectivity index (χ4v) is 2.39. The maximum absolute atomic E-state index is 12.2. The Morgan fingerprint density at radius 1 is 1.00 bits per heavy atom. The van der Waals surface area contributed by atoms with Crippen LogP contribution < -0.4 is 10.2 Å². The topological polar surface area (TPSA) is 75.7 Å². The predicted octanol–water partition coefficient (Wildman–Crippen LogP) is 2.45. The van der Waals surface area contributed by atoms with Gasteiger partial charge >= 0.3 is 5.97 Å². The number of benzene rings is 2. The van der Waals surface area contributed by atoms with Gasteiger partial charge in [0.05, 0.1) is 12.7 Å². The molecule has 0 fully saturated rings. The van der Waals surface area contributed by atoms with Crippen LogP contribution in [0.15, 0.2) is 48.5 Å². The molecule has 2 aromatic carbocycles. The van der Waals surface area contributed by atoms with Gasteiger partial charge in [0.1, 0.15) is 6.54 Å². The van der Waals surface area contributed by atoms with Crippen molar-refractivity contribution in [1.82, 2.24) is 5.32 Å². The average molecular weight is 354 g/mol. The van der Waals surface area contributed by atoms with E-state index in [0.717, 1.165) is 11.1 Å². The van der Waals surface area contributed by atoms with Crippen molar-refractivity contribution in [2.45, 2.75) is 20.4 Å². The molecule has 0 spiro atoms. The quantitative estimate of drug-likeness (QED) is 0.809. The molecular formula is C20H22N2O4. The van der Waals surface area contributed by atoms with Crippen LogP contribution in [0.5, 0.6) is 0 Å². The number of esters is 1. The highest BCUT2D eigenvalue weighted by Gasteiger charge is 2.16. The second kappa shape index (κ2) is 8.80. The smallest absolute Gasteiger partial charge is 0.337 e. The van der Waals surface area contributed by atoms with E-state index in [-0.39, 0.29) is 18.4 Å². The summed E-state index contributed by atoms with van der Waals surface area (Å²) in [6.45, 7) is 3.69. The van der Waals surface area contributed by atoms with Gasteiger partial charge in [-0.2, -0.15) is 0 Å². The van der Waals surface area contributed by atoms with E-state index < -0.39 is 5.97 Å². The van der Waals surface area contributed by atoms with Crippen molar-refractivity contribution < 1.29 is 19.1 Å². The van der Waals surface area contributed by atoms with Crippen LogP contribution in [-0.4, -0.2) is 31.4 Å². The second-order valence-electron chi connectivity index (χ2n) is 5.91. The fourth-order valence-electron chi connectivity index (χ4n) is 2.39. The number of carbonyl (C=O) groups is 3. The number of amides is 2. The summed E-state index contributed by atoms with van der Waals surface area (Å²) in [5, 5.41) is 2.81. The number of hydrogen-bond acceptors (Lipinski definition) is 4. The Bertz CT molecular complexity index is 782. The Kier molecular flexibility index (Phi) is 6.49. The van der Waals surface area contributed by atoms with E-state index in [2.05, 4.69) is 10.1 Å². The first-order valence-electron chi connectivity index (χ1n) is 8.19. The molecular weight excluding hydrogens is 332 g/mol. The minimum Gasteiger partial charge on any atom is -0.465 e. The Balaban J connectivity index is 2.00. The lowest BCUT2D eigenvalue weighted by Gasteiger charge is -2.21. The molecule has 0 aliphatic heterocycles. The average Bonchev–Trinajstić information content (AvgIpc) is 2.65. The number of nitrogens with one attached hydrogen (secondary N) is 1. The summed E-state index contributed by atoms with van der Waals surface area (Å²) in [6.07, 6.45) is 0. The third kappa shape index (κ3) is 5.17. The van der Waals surface area contributed by atoms with E-state index in [1.54, 1.807) is 24.3 Å². The van der Waals surface area contributed by atoms with E-state index >= 15 is 0 Å². The third-order valence-corrected chi connectivity index (χ3v) is 3.89. The number of rotatable bonds is 6. The monoisotopic (exact) mass is 354 g/mol. The number of nitrogens with zero attached hydrogens (tertiary/aromatic N) is 1. The lowest BCUT2D eigenvalue weighted by molar-refractivity contribution is -0.123. The lowest BCUT2D eigenvalue weighted by Crippen LogP contribution is -2.39. The first-order valence-corrected chi connectivity index (χ1v) is 8.19. The first kappa shape index (κ1) is 19.2. The predicted molar refractivity (Wildman–Crippen MR) is 98.8 cm³/mol. The molecule has 2 rings (SSSR count). The molecule has 0 aliphatic carbocycles. The van der Waals surface area contributed by atoms with Crippen LogP contribution in [0.4, 0.5) is 5.69 Å². The zero-order valence-electron chi connectivity index (χ0n) is 15.1. The van der Waals surface area contributed by atoms with Gasteiger partial charge in [0.15, 0.2) is 0 Å². The first-order chi connectivity index (χ1) is 12.4. The van der Waals surface area contributed by atoms with E-state index in [0.29, 0.717) is 17.8 Å². The SMILES string of the molecule is COC(=O)c1ccc(N(CC(=O)NCc2ccc(C)cc2)C(C)=O)cc1. The summed E-state index contributed by atoms with van der Waals surface area (Å²) < 4.78 is 4.65. The Hall–Kier alpha value is -3.15. The number of aryl methyl sites for hydroxylation is 1. The van der Waals surface area contributed by atoms with Crippen LogP contribution in [0.1, 0.15) is 28.4 Å². The van der Waals surface area contributed by atoms with Crippen molar-refractivity contribution in [2.75, 3.05) is 18.6 Å². The fraction of sp³-hybridized carbons (Fsp3) is 0.250. The van der Waals surface area contributed by atoms with Crippen molar-refractivity contribution in [3.63, 3.8) is 0 Å². The minimum atomic E-state index is -0.457. The number of anilines is 1. The van der Waals surface area contributed by atoms with Gasteiger partial charge in [0.2, 0.25) is 11.8 Å². The Morgan fingerprint density at radius 3 is 2.15 bits per heavy atom. The van der Waals surface area contributed by atoms with E-state index in [4.69, 9.17) is 0 Å². The summed E-state index contributed by atoms with van der Waals surface area (Å²) in [6, 6.07) is 14.2. The number of ether oxygens (including phenoxy) is 1. The molecule has 0 aromatic heterocycles. The molecule has 0 aliphatic rings. The van der Waals surface area contributed by atoms with Crippen LogP contribution in [0.2, 0.25) is 0 Å². The van der Waals surface area contributed by atoms with Crippen molar-refractivity contribution >= 4 is 23.5 Å². The molecule has 0 saturated heterocycles. The van der Waals surface area contributed by atoms with Crippen LogP contribution in [0.3, 0.4) is 0 Å². The molecule has 0 atom stereocenters. The van der Waals surface area contributed by atoms with Crippen LogP contribution >= 0.6 is 0 Å². The summed E-state index contributed by atoms with van der Waals surface area (Å²) in [7, 11) is 1.30. The maximum Gasteiger partial charge on any atom is 0.337 e. The molecule has 0 radical (unpaired) electrons. The van der Waals surface area contributed by atoms with Crippen molar-refractivity contribution in [3.05, 3.63) is 65.2 Å². The molecule has 2 amide bonds. The molecule has 0 heterocycles. The molecule has 6 heteroatoms. The summed E-state index contributed by atoms with van der Waals surface area (Å²) >= 11 is 0. The Morgan fingerprint density at radius 2 is 1.62 bits per heavy atom. The van der Waals surface area contributed by atoms with E-state index in [9.17, 15) is 14.4 Å². The van der Waals surface area contributed by atoms with Crippen LogP contribution in [0.25, 0.3) is 0 Å². The highest BCUT2D eigenvalue weighted by Crippen LogP contribution is 2.16. The zero-order chi connectivity index (χ0) is 19.1.